The summed E-state index contributed by atoms with van der Waals surface area (Å²) >= 11 is 0. The van der Waals surface area contributed by atoms with Crippen LogP contribution in [0.5, 0.6) is 11.5 Å². The topological polar surface area (TPSA) is 49.0 Å². The van der Waals surface area contributed by atoms with E-state index in [-0.39, 0.29) is 12.3 Å². The second kappa shape index (κ2) is 7.47. The highest BCUT2D eigenvalue weighted by Crippen LogP contribution is 2.30. The molecule has 112 valence electrons. The zero-order valence-electron chi connectivity index (χ0n) is 12.3. The average molecular weight is 281 g/mol. The predicted octanol–water partition coefficient (Wildman–Crippen LogP) is 1.60. The van der Waals surface area contributed by atoms with E-state index < -0.39 is 0 Å². The van der Waals surface area contributed by atoms with Crippen molar-refractivity contribution in [3.05, 3.63) is 23.8 Å². The molecule has 1 aliphatic heterocycles. The molecule has 1 unspecified atom stereocenters. The first kappa shape index (κ1) is 15.1. The quantitative estimate of drug-likeness (QED) is 0.769. The largest absolute Gasteiger partial charge is 0.486 e. The fourth-order valence-corrected chi connectivity index (χ4v) is 2.29. The molecular weight excluding hydrogens is 258 g/mol. The van der Waals surface area contributed by atoms with E-state index in [2.05, 4.69) is 11.4 Å². The van der Waals surface area contributed by atoms with E-state index in [1.807, 2.05) is 19.1 Å². The lowest BCUT2D eigenvalue weighted by molar-refractivity contribution is -0.119. The molecule has 0 aliphatic carbocycles. The average Bonchev–Trinajstić information content (AvgIpc) is 2.48. The minimum Gasteiger partial charge on any atom is -0.486 e. The first-order chi connectivity index (χ1) is 9.74. The number of fused-ring (bicyclic) bond motifs is 1. The van der Waals surface area contributed by atoms with Gasteiger partial charge < -0.3 is 24.3 Å². The standard InChI is InChI=1S/C15H23NO4/c1-11(15(17-2)18-3)16-7-6-12-4-5-13-14(10-12)20-9-8-19-13/h4-5,10-11,15-16H,6-9H2,1-3H3. The molecular formula is C15H23NO4. The Balaban J connectivity index is 1.82. The third kappa shape index (κ3) is 3.85. The summed E-state index contributed by atoms with van der Waals surface area (Å²) in [4.78, 5) is 0. The molecule has 1 aromatic carbocycles. The summed E-state index contributed by atoms with van der Waals surface area (Å²) < 4.78 is 21.5. The molecule has 1 aromatic rings. The molecule has 0 saturated carbocycles. The lowest BCUT2D eigenvalue weighted by atomic mass is 10.1. The normalized spacial score (nSPS) is 15.4. The zero-order valence-corrected chi connectivity index (χ0v) is 12.3. The second-order valence-electron chi connectivity index (χ2n) is 4.81. The summed E-state index contributed by atoms with van der Waals surface area (Å²) in [6.45, 7) is 4.14. The van der Waals surface area contributed by atoms with Crippen molar-refractivity contribution in [2.75, 3.05) is 34.0 Å². The van der Waals surface area contributed by atoms with Crippen LogP contribution in [0.15, 0.2) is 18.2 Å². The van der Waals surface area contributed by atoms with Gasteiger partial charge in [0.05, 0.1) is 6.04 Å². The molecule has 1 heterocycles. The van der Waals surface area contributed by atoms with E-state index in [0.717, 1.165) is 24.5 Å². The number of nitrogens with one attached hydrogen (secondary N) is 1. The Morgan fingerprint density at radius 1 is 1.15 bits per heavy atom. The van der Waals surface area contributed by atoms with Crippen LogP contribution in [0.3, 0.4) is 0 Å². The van der Waals surface area contributed by atoms with Crippen molar-refractivity contribution in [3.8, 4) is 11.5 Å². The summed E-state index contributed by atoms with van der Waals surface area (Å²) in [7, 11) is 3.29. The molecule has 5 heteroatoms. The van der Waals surface area contributed by atoms with Crippen LogP contribution in [-0.4, -0.2) is 46.3 Å². The highest BCUT2D eigenvalue weighted by molar-refractivity contribution is 5.43. The minimum atomic E-state index is -0.227. The number of hydrogen-bond donors (Lipinski definition) is 1. The lowest BCUT2D eigenvalue weighted by Gasteiger charge is -2.22. The minimum absolute atomic E-state index is 0.141. The van der Waals surface area contributed by atoms with Crippen LogP contribution >= 0.6 is 0 Å². The molecule has 0 spiro atoms. The van der Waals surface area contributed by atoms with Crippen LogP contribution < -0.4 is 14.8 Å². The van der Waals surface area contributed by atoms with Crippen molar-refractivity contribution in [1.29, 1.82) is 0 Å². The van der Waals surface area contributed by atoms with Crippen LogP contribution in [0.25, 0.3) is 0 Å². The van der Waals surface area contributed by atoms with Gasteiger partial charge in [-0.1, -0.05) is 6.07 Å². The van der Waals surface area contributed by atoms with E-state index in [4.69, 9.17) is 18.9 Å². The SMILES string of the molecule is COC(OC)C(C)NCCc1ccc2c(c1)OCCO2. The lowest BCUT2D eigenvalue weighted by Crippen LogP contribution is -2.40. The summed E-state index contributed by atoms with van der Waals surface area (Å²) in [5.74, 6) is 1.67. The maximum absolute atomic E-state index is 5.58. The Morgan fingerprint density at radius 3 is 2.55 bits per heavy atom. The summed E-state index contributed by atoms with van der Waals surface area (Å²) in [6.07, 6.45) is 0.691. The highest BCUT2D eigenvalue weighted by atomic mass is 16.7. The maximum Gasteiger partial charge on any atom is 0.171 e. The molecule has 1 N–H and O–H groups in total. The van der Waals surface area contributed by atoms with Crippen molar-refractivity contribution in [2.24, 2.45) is 0 Å². The summed E-state index contributed by atoms with van der Waals surface area (Å²) in [6, 6.07) is 6.23. The number of ether oxygens (including phenoxy) is 4. The van der Waals surface area contributed by atoms with Crippen LogP contribution in [0.2, 0.25) is 0 Å². The van der Waals surface area contributed by atoms with Crippen LogP contribution in [0, 0.1) is 0 Å². The van der Waals surface area contributed by atoms with Gasteiger partial charge in [0.1, 0.15) is 13.2 Å². The van der Waals surface area contributed by atoms with Gasteiger partial charge in [-0.25, -0.2) is 0 Å². The molecule has 2 rings (SSSR count). The Bertz CT molecular complexity index is 420. The van der Waals surface area contributed by atoms with Gasteiger partial charge in [-0.05, 0) is 37.6 Å². The monoisotopic (exact) mass is 281 g/mol. The maximum atomic E-state index is 5.58. The van der Waals surface area contributed by atoms with Gasteiger partial charge >= 0.3 is 0 Å². The molecule has 0 aromatic heterocycles. The van der Waals surface area contributed by atoms with Gasteiger partial charge in [-0.15, -0.1) is 0 Å². The smallest absolute Gasteiger partial charge is 0.171 e. The van der Waals surface area contributed by atoms with E-state index in [1.165, 1.54) is 5.56 Å². The number of methoxy groups -OCH3 is 2. The fourth-order valence-electron chi connectivity index (χ4n) is 2.29. The van der Waals surface area contributed by atoms with E-state index in [1.54, 1.807) is 14.2 Å². The van der Waals surface area contributed by atoms with E-state index >= 15 is 0 Å². The molecule has 20 heavy (non-hydrogen) atoms. The Hall–Kier alpha value is -1.30. The van der Waals surface area contributed by atoms with E-state index in [9.17, 15) is 0 Å². The van der Waals surface area contributed by atoms with Crippen LogP contribution in [0.1, 0.15) is 12.5 Å². The van der Waals surface area contributed by atoms with Gasteiger partial charge in [0.2, 0.25) is 0 Å². The number of hydrogen-bond acceptors (Lipinski definition) is 5. The molecule has 5 nitrogen and oxygen atoms in total. The van der Waals surface area contributed by atoms with E-state index in [0.29, 0.717) is 13.2 Å². The number of rotatable bonds is 7. The fraction of sp³-hybridized carbons (Fsp3) is 0.600. The Morgan fingerprint density at radius 2 is 1.85 bits per heavy atom. The molecule has 0 amide bonds. The van der Waals surface area contributed by atoms with Crippen LogP contribution in [-0.2, 0) is 15.9 Å². The summed E-state index contributed by atoms with van der Waals surface area (Å²) in [5.41, 5.74) is 1.22. The van der Waals surface area contributed by atoms with Crippen molar-refractivity contribution in [2.45, 2.75) is 25.7 Å². The first-order valence-electron chi connectivity index (χ1n) is 6.92. The van der Waals surface area contributed by atoms with Gasteiger partial charge in [0.15, 0.2) is 17.8 Å². The molecule has 1 atom stereocenters. The molecule has 0 bridgehead atoms. The second-order valence-corrected chi connectivity index (χ2v) is 4.81. The van der Waals surface area contributed by atoms with Crippen molar-refractivity contribution in [1.82, 2.24) is 5.32 Å². The molecule has 1 aliphatic rings. The van der Waals surface area contributed by atoms with Gasteiger partial charge in [0, 0.05) is 14.2 Å². The first-order valence-corrected chi connectivity index (χ1v) is 6.92. The zero-order chi connectivity index (χ0) is 14.4. The highest BCUT2D eigenvalue weighted by Gasteiger charge is 2.15. The van der Waals surface area contributed by atoms with Crippen LogP contribution in [0.4, 0.5) is 0 Å². The third-order valence-corrected chi connectivity index (χ3v) is 3.36. The third-order valence-electron chi connectivity index (χ3n) is 3.36. The summed E-state index contributed by atoms with van der Waals surface area (Å²) in [5, 5.41) is 3.39. The predicted molar refractivity (Wildman–Crippen MR) is 76.4 cm³/mol. The molecule has 0 saturated heterocycles. The van der Waals surface area contributed by atoms with Crippen molar-refractivity contribution < 1.29 is 18.9 Å². The molecule has 0 fully saturated rings. The van der Waals surface area contributed by atoms with Gasteiger partial charge in [-0.2, -0.15) is 0 Å². The Kier molecular flexibility index (Phi) is 5.64. The van der Waals surface area contributed by atoms with Crippen molar-refractivity contribution in [3.63, 3.8) is 0 Å². The Labute approximate surface area is 120 Å². The number of benzene rings is 1. The van der Waals surface area contributed by atoms with Gasteiger partial charge in [0.25, 0.3) is 0 Å². The van der Waals surface area contributed by atoms with Gasteiger partial charge in [-0.3, -0.25) is 0 Å². The molecule has 0 radical (unpaired) electrons. The van der Waals surface area contributed by atoms with Crippen molar-refractivity contribution >= 4 is 0 Å².